The molecule has 1 N–H and O–H groups in total. The Hall–Kier alpha value is -3.13. The Kier molecular flexibility index (Phi) is 5.56. The quantitative estimate of drug-likeness (QED) is 0.770. The Balaban J connectivity index is 1.95. The second-order valence-corrected chi connectivity index (χ2v) is 6.91. The van der Waals surface area contributed by atoms with E-state index in [0.29, 0.717) is 6.67 Å². The number of anilines is 2. The molecule has 0 radical (unpaired) electrons. The van der Waals surface area contributed by atoms with Gasteiger partial charge >= 0.3 is 0 Å². The Bertz CT molecular complexity index is 882. The average molecular weight is 363 g/mol. The lowest BCUT2D eigenvalue weighted by atomic mass is 10.1. The van der Waals surface area contributed by atoms with Crippen LogP contribution in [0.15, 0.2) is 41.4 Å². The molecule has 0 bridgehead atoms. The zero-order chi connectivity index (χ0) is 19.4. The van der Waals surface area contributed by atoms with Crippen molar-refractivity contribution in [1.29, 1.82) is 0 Å². The van der Waals surface area contributed by atoms with Crippen LogP contribution < -0.4 is 19.9 Å². The van der Waals surface area contributed by atoms with Crippen LogP contribution in [-0.2, 0) is 0 Å². The summed E-state index contributed by atoms with van der Waals surface area (Å²) in [4.78, 5) is 4.45. The predicted molar refractivity (Wildman–Crippen MR) is 111 cm³/mol. The molecule has 0 saturated carbocycles. The molecule has 2 aromatic rings. The molecule has 0 atom stereocenters. The number of hydrogen-bond donors (Lipinski definition) is 1. The molecular weight excluding hydrogens is 338 g/mol. The fourth-order valence-electron chi connectivity index (χ4n) is 2.82. The number of hydrogen-bond acceptors (Lipinski definition) is 5. The largest absolute Gasteiger partial charge is 0.487 e. The van der Waals surface area contributed by atoms with E-state index in [1.165, 1.54) is 0 Å². The average Bonchev–Trinajstić information content (AvgIpc) is 2.62. The fourth-order valence-corrected chi connectivity index (χ4v) is 2.82. The van der Waals surface area contributed by atoms with E-state index >= 15 is 0 Å². The molecule has 1 aliphatic heterocycles. The zero-order valence-electron chi connectivity index (χ0n) is 16.2. The maximum atomic E-state index is 6.00. The normalized spacial score (nSPS) is 12.7. The molecule has 0 unspecified atom stereocenters. The standard InChI is InChI=1S/C22H25N3O2/c1-6-17-8-7-9-19(10-17)24-25-14-23-13-18-11-21(26-15(2)3)22(12-20(18)25)27-16(4)5/h1,7-13,15-16,24H,14H2,2-5H3. The van der Waals surface area contributed by atoms with Crippen LogP contribution in [0.3, 0.4) is 0 Å². The highest BCUT2D eigenvalue weighted by Crippen LogP contribution is 2.37. The lowest BCUT2D eigenvalue weighted by molar-refractivity contribution is 0.199. The number of nitrogens with one attached hydrogen (secondary N) is 1. The topological polar surface area (TPSA) is 46.1 Å². The van der Waals surface area contributed by atoms with Crippen LogP contribution in [0.4, 0.5) is 11.4 Å². The molecule has 1 aliphatic rings. The van der Waals surface area contributed by atoms with Gasteiger partial charge in [0.25, 0.3) is 0 Å². The monoisotopic (exact) mass is 363 g/mol. The first kappa shape index (κ1) is 18.7. The Morgan fingerprint density at radius 3 is 2.44 bits per heavy atom. The van der Waals surface area contributed by atoms with Crippen molar-refractivity contribution >= 4 is 17.6 Å². The number of benzene rings is 2. The number of terminal acetylenes is 1. The van der Waals surface area contributed by atoms with E-state index in [1.807, 2.05) is 75.3 Å². The summed E-state index contributed by atoms with van der Waals surface area (Å²) in [6.45, 7) is 8.49. The third-order valence-corrected chi connectivity index (χ3v) is 3.86. The van der Waals surface area contributed by atoms with E-state index in [9.17, 15) is 0 Å². The Labute approximate surface area is 161 Å². The second kappa shape index (κ2) is 8.05. The van der Waals surface area contributed by atoms with Crippen LogP contribution in [0.5, 0.6) is 11.5 Å². The van der Waals surface area contributed by atoms with Crippen LogP contribution in [-0.4, -0.2) is 25.1 Å². The minimum atomic E-state index is 0.0449. The molecule has 0 spiro atoms. The SMILES string of the molecule is C#Cc1cccc(NN2CN=Cc3cc(OC(C)C)c(OC(C)C)cc32)c1. The summed E-state index contributed by atoms with van der Waals surface area (Å²) in [5, 5.41) is 1.97. The summed E-state index contributed by atoms with van der Waals surface area (Å²) in [5.74, 6) is 4.10. The number of hydrazine groups is 1. The highest BCUT2D eigenvalue weighted by Gasteiger charge is 2.20. The molecule has 27 heavy (non-hydrogen) atoms. The van der Waals surface area contributed by atoms with Crippen molar-refractivity contribution < 1.29 is 9.47 Å². The summed E-state index contributed by atoms with van der Waals surface area (Å²) < 4.78 is 11.9. The lowest BCUT2D eigenvalue weighted by Crippen LogP contribution is -2.33. The minimum Gasteiger partial charge on any atom is -0.487 e. The van der Waals surface area contributed by atoms with Crippen LogP contribution in [0.25, 0.3) is 0 Å². The summed E-state index contributed by atoms with van der Waals surface area (Å²) in [6, 6.07) is 11.7. The predicted octanol–water partition coefficient (Wildman–Crippen LogP) is 4.47. The molecule has 5 heteroatoms. The molecule has 0 saturated heterocycles. The molecule has 140 valence electrons. The van der Waals surface area contributed by atoms with E-state index in [1.54, 1.807) is 0 Å². The first-order valence-electron chi connectivity index (χ1n) is 9.08. The van der Waals surface area contributed by atoms with Gasteiger partial charge < -0.3 is 9.47 Å². The van der Waals surface area contributed by atoms with E-state index in [0.717, 1.165) is 34.0 Å². The summed E-state index contributed by atoms with van der Waals surface area (Å²) >= 11 is 0. The van der Waals surface area contributed by atoms with E-state index in [4.69, 9.17) is 15.9 Å². The number of ether oxygens (including phenoxy) is 2. The van der Waals surface area contributed by atoms with Gasteiger partial charge in [-0.05, 0) is 52.0 Å². The van der Waals surface area contributed by atoms with Gasteiger partial charge in [0.1, 0.15) is 6.67 Å². The van der Waals surface area contributed by atoms with Gasteiger partial charge in [0.2, 0.25) is 0 Å². The molecule has 3 rings (SSSR count). The van der Waals surface area contributed by atoms with Crippen molar-refractivity contribution in [3.8, 4) is 23.8 Å². The van der Waals surface area contributed by atoms with Crippen LogP contribution >= 0.6 is 0 Å². The summed E-state index contributed by atoms with van der Waals surface area (Å²) in [7, 11) is 0. The maximum Gasteiger partial charge on any atom is 0.163 e. The number of fused-ring (bicyclic) bond motifs is 1. The third kappa shape index (κ3) is 4.53. The van der Waals surface area contributed by atoms with Gasteiger partial charge in [-0.25, -0.2) is 0 Å². The Morgan fingerprint density at radius 2 is 1.78 bits per heavy atom. The molecule has 5 nitrogen and oxygen atoms in total. The smallest absolute Gasteiger partial charge is 0.163 e. The van der Waals surface area contributed by atoms with E-state index in [-0.39, 0.29) is 12.2 Å². The Morgan fingerprint density at radius 1 is 1.07 bits per heavy atom. The first-order chi connectivity index (χ1) is 13.0. The van der Waals surface area contributed by atoms with Gasteiger partial charge in [-0.15, -0.1) is 6.42 Å². The number of aliphatic imine (C=N–C) groups is 1. The summed E-state index contributed by atoms with van der Waals surface area (Å²) in [5.41, 5.74) is 7.05. The fraction of sp³-hybridized carbons (Fsp3) is 0.318. The van der Waals surface area contributed by atoms with Crippen molar-refractivity contribution in [2.75, 3.05) is 17.1 Å². The van der Waals surface area contributed by atoms with Gasteiger partial charge in [0, 0.05) is 23.4 Å². The molecule has 0 fully saturated rings. The van der Waals surface area contributed by atoms with Crippen molar-refractivity contribution in [2.45, 2.75) is 39.9 Å². The molecule has 1 heterocycles. The van der Waals surface area contributed by atoms with Gasteiger partial charge in [0.15, 0.2) is 11.5 Å². The van der Waals surface area contributed by atoms with Crippen LogP contribution in [0.2, 0.25) is 0 Å². The number of rotatable bonds is 6. The molecular formula is C22H25N3O2. The van der Waals surface area contributed by atoms with Crippen molar-refractivity contribution in [2.24, 2.45) is 4.99 Å². The van der Waals surface area contributed by atoms with E-state index in [2.05, 4.69) is 16.3 Å². The molecule has 0 aliphatic carbocycles. The highest BCUT2D eigenvalue weighted by atomic mass is 16.5. The van der Waals surface area contributed by atoms with Crippen LogP contribution in [0, 0.1) is 12.3 Å². The van der Waals surface area contributed by atoms with Crippen molar-refractivity contribution in [3.63, 3.8) is 0 Å². The van der Waals surface area contributed by atoms with Gasteiger partial charge in [-0.2, -0.15) is 0 Å². The molecule has 0 aromatic heterocycles. The number of nitrogens with zero attached hydrogens (tertiary/aromatic N) is 2. The summed E-state index contributed by atoms with van der Waals surface area (Å²) in [6.07, 6.45) is 7.46. The van der Waals surface area contributed by atoms with Crippen molar-refractivity contribution in [1.82, 2.24) is 0 Å². The maximum absolute atomic E-state index is 6.00. The van der Waals surface area contributed by atoms with E-state index < -0.39 is 0 Å². The van der Waals surface area contributed by atoms with Gasteiger partial charge in [0.05, 0.1) is 23.6 Å². The minimum absolute atomic E-state index is 0.0449. The van der Waals surface area contributed by atoms with Crippen molar-refractivity contribution in [3.05, 3.63) is 47.5 Å². The first-order valence-corrected chi connectivity index (χ1v) is 9.08. The van der Waals surface area contributed by atoms with Gasteiger partial charge in [-0.1, -0.05) is 12.0 Å². The van der Waals surface area contributed by atoms with Gasteiger partial charge in [-0.3, -0.25) is 15.4 Å². The highest BCUT2D eigenvalue weighted by molar-refractivity contribution is 5.92. The lowest BCUT2D eigenvalue weighted by Gasteiger charge is -2.30. The molecule has 2 aromatic carbocycles. The van der Waals surface area contributed by atoms with Crippen LogP contribution in [0.1, 0.15) is 38.8 Å². The zero-order valence-corrected chi connectivity index (χ0v) is 16.2. The third-order valence-electron chi connectivity index (χ3n) is 3.86. The molecule has 0 amide bonds. The second-order valence-electron chi connectivity index (χ2n) is 6.91.